The Morgan fingerprint density at radius 2 is 2.33 bits per heavy atom. The zero-order valence-corrected chi connectivity index (χ0v) is 12.4. The zero-order chi connectivity index (χ0) is 14.7. The molecule has 1 atom stereocenters. The molecule has 1 unspecified atom stereocenters. The summed E-state index contributed by atoms with van der Waals surface area (Å²) in [7, 11) is 0. The van der Waals surface area contributed by atoms with E-state index in [1.165, 1.54) is 19.3 Å². The molecule has 0 saturated carbocycles. The molecule has 5 nitrogen and oxygen atoms in total. The van der Waals surface area contributed by atoms with Crippen molar-refractivity contribution in [2.75, 3.05) is 11.9 Å². The fourth-order valence-electron chi connectivity index (χ4n) is 2.91. The minimum absolute atomic E-state index is 0.0814. The average Bonchev–Trinajstić information content (AvgIpc) is 2.85. The molecule has 5 heteroatoms. The van der Waals surface area contributed by atoms with Crippen molar-refractivity contribution >= 4 is 22.6 Å². The topological polar surface area (TPSA) is 69.8 Å². The molecule has 0 spiro atoms. The molecule has 1 saturated heterocycles. The van der Waals surface area contributed by atoms with E-state index in [-0.39, 0.29) is 5.91 Å². The van der Waals surface area contributed by atoms with Crippen LogP contribution < -0.4 is 10.6 Å². The van der Waals surface area contributed by atoms with Gasteiger partial charge in [0.05, 0.1) is 11.0 Å². The fourth-order valence-corrected chi connectivity index (χ4v) is 2.91. The lowest BCUT2D eigenvalue weighted by Gasteiger charge is -2.23. The van der Waals surface area contributed by atoms with Gasteiger partial charge in [-0.2, -0.15) is 0 Å². The highest BCUT2D eigenvalue weighted by atomic mass is 16.1. The number of hydrogen-bond donors (Lipinski definition) is 3. The van der Waals surface area contributed by atoms with E-state index in [9.17, 15) is 4.79 Å². The number of anilines is 1. The van der Waals surface area contributed by atoms with Gasteiger partial charge in [0.2, 0.25) is 5.91 Å². The van der Waals surface area contributed by atoms with Crippen molar-refractivity contribution in [1.82, 2.24) is 15.3 Å². The van der Waals surface area contributed by atoms with Crippen LogP contribution in [0, 0.1) is 6.92 Å². The van der Waals surface area contributed by atoms with Crippen molar-refractivity contribution in [2.45, 2.75) is 45.1 Å². The summed E-state index contributed by atoms with van der Waals surface area (Å²) in [6.07, 6.45) is 5.20. The highest BCUT2D eigenvalue weighted by Crippen LogP contribution is 2.18. The third-order valence-electron chi connectivity index (χ3n) is 4.02. The molecule has 1 fully saturated rings. The minimum atomic E-state index is 0.0814. The molecule has 0 aliphatic carbocycles. The summed E-state index contributed by atoms with van der Waals surface area (Å²) < 4.78 is 0. The molecule has 112 valence electrons. The Morgan fingerprint density at radius 3 is 3.14 bits per heavy atom. The van der Waals surface area contributed by atoms with Crippen molar-refractivity contribution in [3.63, 3.8) is 0 Å². The van der Waals surface area contributed by atoms with Crippen LogP contribution in [0.25, 0.3) is 11.0 Å². The number of imidazole rings is 1. The Morgan fingerprint density at radius 1 is 1.43 bits per heavy atom. The van der Waals surface area contributed by atoms with Gasteiger partial charge in [0.1, 0.15) is 5.82 Å². The second-order valence-corrected chi connectivity index (χ2v) is 5.79. The van der Waals surface area contributed by atoms with Crippen molar-refractivity contribution in [3.05, 3.63) is 24.0 Å². The van der Waals surface area contributed by atoms with Crippen molar-refractivity contribution in [2.24, 2.45) is 0 Å². The normalized spacial score (nSPS) is 18.8. The van der Waals surface area contributed by atoms with Crippen LogP contribution in [0.5, 0.6) is 0 Å². The number of nitrogens with one attached hydrogen (secondary N) is 3. The van der Waals surface area contributed by atoms with Gasteiger partial charge < -0.3 is 15.6 Å². The Hall–Kier alpha value is -1.88. The maximum absolute atomic E-state index is 12.0. The number of nitrogens with zero attached hydrogens (tertiary/aromatic N) is 1. The maximum Gasteiger partial charge on any atom is 0.224 e. The minimum Gasteiger partial charge on any atom is -0.342 e. The van der Waals surface area contributed by atoms with Crippen molar-refractivity contribution in [3.8, 4) is 0 Å². The standard InChI is InChI=1S/C16H22N4O/c1-11-18-14-7-5-13(10-15(14)19-11)20-16(21)8-6-12-4-2-3-9-17-12/h5,7,10,12,17H,2-4,6,8-9H2,1H3,(H,18,19)(H,20,21). The van der Waals surface area contributed by atoms with Gasteiger partial charge in [0.25, 0.3) is 0 Å². The van der Waals surface area contributed by atoms with Gasteiger partial charge >= 0.3 is 0 Å². The summed E-state index contributed by atoms with van der Waals surface area (Å²) >= 11 is 0. The molecule has 0 bridgehead atoms. The molecule has 21 heavy (non-hydrogen) atoms. The number of aromatic nitrogens is 2. The van der Waals surface area contributed by atoms with Crippen LogP contribution in [-0.4, -0.2) is 28.5 Å². The number of H-pyrrole nitrogens is 1. The summed E-state index contributed by atoms with van der Waals surface area (Å²) in [5, 5.41) is 6.44. The predicted molar refractivity (Wildman–Crippen MR) is 84.3 cm³/mol. The molecule has 1 aliphatic heterocycles. The van der Waals surface area contributed by atoms with Gasteiger partial charge in [-0.25, -0.2) is 4.98 Å². The highest BCUT2D eigenvalue weighted by Gasteiger charge is 2.14. The second kappa shape index (κ2) is 6.26. The van der Waals surface area contributed by atoms with Gasteiger partial charge in [0.15, 0.2) is 0 Å². The van der Waals surface area contributed by atoms with Crippen molar-refractivity contribution < 1.29 is 4.79 Å². The number of piperidine rings is 1. The molecule has 0 radical (unpaired) electrons. The number of rotatable bonds is 4. The summed E-state index contributed by atoms with van der Waals surface area (Å²) in [4.78, 5) is 19.6. The summed E-state index contributed by atoms with van der Waals surface area (Å²) in [6, 6.07) is 6.27. The number of carbonyl (C=O) groups is 1. The summed E-state index contributed by atoms with van der Waals surface area (Å²) in [5.74, 6) is 0.967. The monoisotopic (exact) mass is 286 g/mol. The van der Waals surface area contributed by atoms with E-state index >= 15 is 0 Å². The molecule has 1 aromatic heterocycles. The van der Waals surface area contributed by atoms with Crippen LogP contribution in [0.2, 0.25) is 0 Å². The van der Waals surface area contributed by atoms with Crippen LogP contribution in [0.4, 0.5) is 5.69 Å². The number of aromatic amines is 1. The smallest absolute Gasteiger partial charge is 0.224 e. The van der Waals surface area contributed by atoms with Crippen LogP contribution in [0.15, 0.2) is 18.2 Å². The van der Waals surface area contributed by atoms with Gasteiger partial charge in [-0.3, -0.25) is 4.79 Å². The molecule has 1 aliphatic rings. The molecule has 3 N–H and O–H groups in total. The summed E-state index contributed by atoms with van der Waals surface area (Å²) in [6.45, 7) is 3.01. The van der Waals surface area contributed by atoms with E-state index in [0.29, 0.717) is 12.5 Å². The zero-order valence-electron chi connectivity index (χ0n) is 12.4. The van der Waals surface area contributed by atoms with Crippen molar-refractivity contribution in [1.29, 1.82) is 0 Å². The Bertz CT molecular complexity index is 628. The number of carbonyl (C=O) groups excluding carboxylic acids is 1. The predicted octanol–water partition coefficient (Wildman–Crippen LogP) is 2.73. The molecular formula is C16H22N4O. The number of aryl methyl sites for hydroxylation is 1. The molecule has 2 aromatic rings. The lowest BCUT2D eigenvalue weighted by Crippen LogP contribution is -2.34. The number of benzene rings is 1. The van der Waals surface area contributed by atoms with E-state index < -0.39 is 0 Å². The Kier molecular flexibility index (Phi) is 4.20. The lowest BCUT2D eigenvalue weighted by molar-refractivity contribution is -0.116. The summed E-state index contributed by atoms with van der Waals surface area (Å²) in [5.41, 5.74) is 2.71. The first-order valence-electron chi connectivity index (χ1n) is 7.70. The second-order valence-electron chi connectivity index (χ2n) is 5.79. The third-order valence-corrected chi connectivity index (χ3v) is 4.02. The third kappa shape index (κ3) is 3.61. The molecular weight excluding hydrogens is 264 g/mol. The SMILES string of the molecule is Cc1nc2ccc(NC(=O)CCC3CCCCN3)cc2[nH]1. The fraction of sp³-hybridized carbons (Fsp3) is 0.500. The van der Waals surface area contributed by atoms with Crippen LogP contribution in [0.3, 0.4) is 0 Å². The van der Waals surface area contributed by atoms with Crippen LogP contribution in [0.1, 0.15) is 37.9 Å². The lowest BCUT2D eigenvalue weighted by atomic mass is 10.0. The Labute approximate surface area is 124 Å². The molecule has 1 amide bonds. The van der Waals surface area contributed by atoms with E-state index in [1.54, 1.807) is 0 Å². The van der Waals surface area contributed by atoms with Gasteiger partial charge in [-0.1, -0.05) is 6.42 Å². The molecule has 1 aromatic carbocycles. The quantitative estimate of drug-likeness (QED) is 0.809. The maximum atomic E-state index is 12.0. The highest BCUT2D eigenvalue weighted by molar-refractivity contribution is 5.93. The van der Waals surface area contributed by atoms with Gasteiger partial charge in [-0.05, 0) is 50.9 Å². The number of amides is 1. The van der Waals surface area contributed by atoms with E-state index in [2.05, 4.69) is 20.6 Å². The Balaban J connectivity index is 1.55. The number of fused-ring (bicyclic) bond motifs is 1. The largest absolute Gasteiger partial charge is 0.342 e. The van der Waals surface area contributed by atoms with E-state index in [1.807, 2.05) is 25.1 Å². The first kappa shape index (κ1) is 14.1. The average molecular weight is 286 g/mol. The first-order valence-corrected chi connectivity index (χ1v) is 7.70. The number of hydrogen-bond acceptors (Lipinski definition) is 3. The van der Waals surface area contributed by atoms with Gasteiger partial charge in [-0.15, -0.1) is 0 Å². The van der Waals surface area contributed by atoms with Gasteiger partial charge in [0, 0.05) is 18.2 Å². The van der Waals surface area contributed by atoms with E-state index in [4.69, 9.17) is 0 Å². The molecule has 2 heterocycles. The molecule has 3 rings (SSSR count). The van der Waals surface area contributed by atoms with Crippen LogP contribution >= 0.6 is 0 Å². The first-order chi connectivity index (χ1) is 10.2. The van der Waals surface area contributed by atoms with E-state index in [0.717, 1.165) is 35.5 Å². The van der Waals surface area contributed by atoms with Crippen LogP contribution in [-0.2, 0) is 4.79 Å².